The number of para-hydroxylation sites is 1. The molecule has 0 aromatic heterocycles. The standard InChI is InChI=1S/C13H21N3O3S/c1-13(2,3)16-12(17)8-9-15-20(18,19)11-7-5-4-6-10(11)14/h4-7,15H,8-9,14H2,1-3H3,(H,16,17). The zero-order valence-corrected chi connectivity index (χ0v) is 12.8. The molecule has 0 radical (unpaired) electrons. The minimum atomic E-state index is -3.69. The van der Waals surface area contributed by atoms with Crippen LogP contribution in [0.5, 0.6) is 0 Å². The monoisotopic (exact) mass is 299 g/mol. The Morgan fingerprint density at radius 3 is 2.40 bits per heavy atom. The molecule has 0 fully saturated rings. The third kappa shape index (κ3) is 5.18. The van der Waals surface area contributed by atoms with Gasteiger partial charge in [0.05, 0.1) is 5.69 Å². The van der Waals surface area contributed by atoms with Gasteiger partial charge in [0, 0.05) is 18.5 Å². The molecule has 0 aliphatic rings. The number of rotatable bonds is 5. The van der Waals surface area contributed by atoms with Crippen molar-refractivity contribution in [2.45, 2.75) is 37.6 Å². The molecule has 112 valence electrons. The SMILES string of the molecule is CC(C)(C)NC(=O)CCNS(=O)(=O)c1ccccc1N. The van der Waals surface area contributed by atoms with Crippen LogP contribution < -0.4 is 15.8 Å². The molecular formula is C13H21N3O3S. The van der Waals surface area contributed by atoms with Crippen LogP contribution in [-0.4, -0.2) is 26.4 Å². The maximum atomic E-state index is 12.0. The molecule has 0 bridgehead atoms. The zero-order chi connectivity index (χ0) is 15.4. The van der Waals surface area contributed by atoms with Gasteiger partial charge in [0.25, 0.3) is 0 Å². The van der Waals surface area contributed by atoms with Gasteiger partial charge in [-0.1, -0.05) is 12.1 Å². The van der Waals surface area contributed by atoms with Crippen molar-refractivity contribution in [3.8, 4) is 0 Å². The van der Waals surface area contributed by atoms with Crippen LogP contribution in [0.4, 0.5) is 5.69 Å². The fourth-order valence-electron chi connectivity index (χ4n) is 1.58. The third-order valence-corrected chi connectivity index (χ3v) is 3.90. The van der Waals surface area contributed by atoms with Gasteiger partial charge in [-0.15, -0.1) is 0 Å². The van der Waals surface area contributed by atoms with Gasteiger partial charge in [-0.05, 0) is 32.9 Å². The molecule has 7 heteroatoms. The lowest BCUT2D eigenvalue weighted by atomic mass is 10.1. The summed E-state index contributed by atoms with van der Waals surface area (Å²) in [5.41, 5.74) is 5.47. The van der Waals surface area contributed by atoms with Crippen molar-refractivity contribution in [1.82, 2.24) is 10.0 Å². The molecule has 1 aromatic rings. The summed E-state index contributed by atoms with van der Waals surface area (Å²) >= 11 is 0. The van der Waals surface area contributed by atoms with Crippen molar-refractivity contribution in [1.29, 1.82) is 0 Å². The number of sulfonamides is 1. The van der Waals surface area contributed by atoms with Crippen molar-refractivity contribution < 1.29 is 13.2 Å². The number of nitrogens with two attached hydrogens (primary N) is 1. The summed E-state index contributed by atoms with van der Waals surface area (Å²) in [5, 5.41) is 2.76. The first-order valence-electron chi connectivity index (χ1n) is 6.27. The van der Waals surface area contributed by atoms with Crippen molar-refractivity contribution in [3.05, 3.63) is 24.3 Å². The molecule has 0 saturated heterocycles. The fourth-order valence-corrected chi connectivity index (χ4v) is 2.75. The average molecular weight is 299 g/mol. The number of carbonyl (C=O) groups is 1. The van der Waals surface area contributed by atoms with Crippen molar-refractivity contribution >= 4 is 21.6 Å². The maximum absolute atomic E-state index is 12.0. The van der Waals surface area contributed by atoms with Crippen LogP contribution in [0.15, 0.2) is 29.2 Å². The summed E-state index contributed by atoms with van der Waals surface area (Å²) in [4.78, 5) is 11.6. The number of anilines is 1. The van der Waals surface area contributed by atoms with Gasteiger partial charge in [0.15, 0.2) is 0 Å². The van der Waals surface area contributed by atoms with Crippen LogP contribution in [0, 0.1) is 0 Å². The molecular weight excluding hydrogens is 278 g/mol. The molecule has 0 spiro atoms. The van der Waals surface area contributed by atoms with E-state index >= 15 is 0 Å². The predicted octanol–water partition coefficient (Wildman–Crippen LogP) is 0.852. The van der Waals surface area contributed by atoms with E-state index in [1.807, 2.05) is 20.8 Å². The van der Waals surface area contributed by atoms with Crippen LogP contribution in [-0.2, 0) is 14.8 Å². The van der Waals surface area contributed by atoms with E-state index in [0.29, 0.717) is 0 Å². The molecule has 6 nitrogen and oxygen atoms in total. The van der Waals surface area contributed by atoms with Crippen LogP contribution >= 0.6 is 0 Å². The molecule has 4 N–H and O–H groups in total. The highest BCUT2D eigenvalue weighted by Crippen LogP contribution is 2.16. The quantitative estimate of drug-likeness (QED) is 0.702. The van der Waals surface area contributed by atoms with E-state index in [4.69, 9.17) is 5.73 Å². The molecule has 1 amide bonds. The number of hydrogen-bond donors (Lipinski definition) is 3. The van der Waals surface area contributed by atoms with Crippen molar-refractivity contribution in [2.24, 2.45) is 0 Å². The lowest BCUT2D eigenvalue weighted by molar-refractivity contribution is -0.122. The summed E-state index contributed by atoms with van der Waals surface area (Å²) in [6.07, 6.45) is 0.0727. The second-order valence-corrected chi connectivity index (χ2v) is 7.22. The van der Waals surface area contributed by atoms with Gasteiger partial charge in [0.2, 0.25) is 15.9 Å². The van der Waals surface area contributed by atoms with Gasteiger partial charge in [0.1, 0.15) is 4.90 Å². The van der Waals surface area contributed by atoms with Gasteiger partial charge in [-0.2, -0.15) is 0 Å². The Morgan fingerprint density at radius 1 is 1.25 bits per heavy atom. The van der Waals surface area contributed by atoms with E-state index in [1.54, 1.807) is 12.1 Å². The smallest absolute Gasteiger partial charge is 0.242 e. The maximum Gasteiger partial charge on any atom is 0.242 e. The first-order valence-corrected chi connectivity index (χ1v) is 7.75. The number of benzene rings is 1. The molecule has 0 aliphatic carbocycles. The summed E-state index contributed by atoms with van der Waals surface area (Å²) in [6, 6.07) is 6.19. The summed E-state index contributed by atoms with van der Waals surface area (Å²) in [7, 11) is -3.69. The number of amides is 1. The minimum absolute atomic E-state index is 0.0243. The Hall–Kier alpha value is -1.60. The molecule has 0 atom stereocenters. The van der Waals surface area contributed by atoms with Gasteiger partial charge >= 0.3 is 0 Å². The lowest BCUT2D eigenvalue weighted by Gasteiger charge is -2.20. The van der Waals surface area contributed by atoms with Gasteiger partial charge in [-0.3, -0.25) is 4.79 Å². The zero-order valence-electron chi connectivity index (χ0n) is 11.9. The highest BCUT2D eigenvalue weighted by molar-refractivity contribution is 7.89. The summed E-state index contributed by atoms with van der Waals surface area (Å²) < 4.78 is 26.4. The molecule has 0 unspecified atom stereocenters. The van der Waals surface area contributed by atoms with Crippen molar-refractivity contribution in [3.63, 3.8) is 0 Å². The second kappa shape index (κ2) is 6.23. The first-order chi connectivity index (χ1) is 9.12. The molecule has 20 heavy (non-hydrogen) atoms. The minimum Gasteiger partial charge on any atom is -0.398 e. The lowest BCUT2D eigenvalue weighted by Crippen LogP contribution is -2.42. The van der Waals surface area contributed by atoms with E-state index in [2.05, 4.69) is 10.0 Å². The number of hydrogen-bond acceptors (Lipinski definition) is 4. The molecule has 0 saturated carbocycles. The van der Waals surface area contributed by atoms with E-state index < -0.39 is 10.0 Å². The van der Waals surface area contributed by atoms with Gasteiger partial charge < -0.3 is 11.1 Å². The van der Waals surface area contributed by atoms with E-state index in [9.17, 15) is 13.2 Å². The van der Waals surface area contributed by atoms with Crippen molar-refractivity contribution in [2.75, 3.05) is 12.3 Å². The highest BCUT2D eigenvalue weighted by atomic mass is 32.2. The number of carbonyl (C=O) groups excluding carboxylic acids is 1. The first kappa shape index (κ1) is 16.5. The number of nitrogens with one attached hydrogen (secondary N) is 2. The average Bonchev–Trinajstić information content (AvgIpc) is 2.26. The second-order valence-electron chi connectivity index (χ2n) is 5.48. The molecule has 0 aliphatic heterocycles. The molecule has 0 heterocycles. The summed E-state index contributed by atoms with van der Waals surface area (Å²) in [6.45, 7) is 5.61. The number of nitrogen functional groups attached to an aromatic ring is 1. The van der Waals surface area contributed by atoms with Crippen LogP contribution in [0.25, 0.3) is 0 Å². The Labute approximate surface area is 119 Å². The molecule has 1 rings (SSSR count). The summed E-state index contributed by atoms with van der Waals surface area (Å²) in [5.74, 6) is -0.207. The molecule has 1 aromatic carbocycles. The van der Waals surface area contributed by atoms with E-state index in [1.165, 1.54) is 12.1 Å². The van der Waals surface area contributed by atoms with Gasteiger partial charge in [-0.25, -0.2) is 13.1 Å². The Balaban J connectivity index is 2.58. The van der Waals surface area contributed by atoms with E-state index in [-0.39, 0.29) is 35.0 Å². The van der Waals surface area contributed by atoms with E-state index in [0.717, 1.165) is 0 Å². The highest BCUT2D eigenvalue weighted by Gasteiger charge is 2.18. The Kier molecular flexibility index (Phi) is 5.13. The Bertz CT molecular complexity index is 577. The largest absolute Gasteiger partial charge is 0.398 e. The normalized spacial score (nSPS) is 12.2. The third-order valence-electron chi connectivity index (χ3n) is 2.37. The fraction of sp³-hybridized carbons (Fsp3) is 0.462. The Morgan fingerprint density at radius 2 is 1.85 bits per heavy atom. The van der Waals surface area contributed by atoms with Crippen LogP contribution in [0.2, 0.25) is 0 Å². The van der Waals surface area contributed by atoms with Crippen LogP contribution in [0.3, 0.4) is 0 Å². The van der Waals surface area contributed by atoms with Crippen LogP contribution in [0.1, 0.15) is 27.2 Å². The predicted molar refractivity (Wildman–Crippen MR) is 78.6 cm³/mol. The topological polar surface area (TPSA) is 101 Å².